The van der Waals surface area contributed by atoms with E-state index in [2.05, 4.69) is 106 Å². The van der Waals surface area contributed by atoms with Gasteiger partial charge in [0.05, 0.1) is 10.9 Å². The lowest BCUT2D eigenvalue weighted by atomic mass is 9.82. The van der Waals surface area contributed by atoms with Crippen LogP contribution in [0, 0.1) is 6.92 Å². The zero-order chi connectivity index (χ0) is 21.5. The lowest BCUT2D eigenvalue weighted by molar-refractivity contribution is -0.659. The fourth-order valence-corrected chi connectivity index (χ4v) is 6.57. The van der Waals surface area contributed by atoms with Gasteiger partial charge in [-0.25, -0.2) is 4.57 Å². The van der Waals surface area contributed by atoms with E-state index in [9.17, 15) is 0 Å². The molecule has 0 amide bonds. The molecule has 0 radical (unpaired) electrons. The van der Waals surface area contributed by atoms with Gasteiger partial charge in [0.2, 0.25) is 5.69 Å². The molecule has 5 aromatic rings. The van der Waals surface area contributed by atoms with Gasteiger partial charge in [-0.15, -0.1) is 0 Å². The molecular weight excluding hydrogens is 394 g/mol. The minimum absolute atomic E-state index is 0.103. The Morgan fingerprint density at radius 1 is 0.774 bits per heavy atom. The van der Waals surface area contributed by atoms with E-state index in [0.29, 0.717) is 0 Å². The number of fused-ring (bicyclic) bond motifs is 5. The number of hydrogen-bond donors (Lipinski definition) is 0. The Bertz CT molecular complexity index is 1550. The van der Waals surface area contributed by atoms with Crippen LogP contribution in [0.3, 0.4) is 0 Å². The van der Waals surface area contributed by atoms with E-state index >= 15 is 0 Å². The van der Waals surface area contributed by atoms with Crippen LogP contribution in [-0.2, 0) is 12.5 Å². The van der Waals surface area contributed by atoms with Crippen molar-refractivity contribution < 1.29 is 4.57 Å². The van der Waals surface area contributed by atoms with Crippen LogP contribution in [0.2, 0.25) is 0 Å². The van der Waals surface area contributed by atoms with E-state index in [1.807, 2.05) is 11.8 Å². The third-order valence-corrected chi connectivity index (χ3v) is 7.86. The minimum Gasteiger partial charge on any atom is -0.200 e. The van der Waals surface area contributed by atoms with E-state index < -0.39 is 0 Å². The number of benzene rings is 4. The molecule has 1 nitrogen and oxygen atoms in total. The lowest BCUT2D eigenvalue weighted by Crippen LogP contribution is -2.31. The predicted molar refractivity (Wildman–Crippen MR) is 133 cm³/mol. The molecule has 6 rings (SSSR count). The van der Waals surface area contributed by atoms with Crippen LogP contribution in [0.4, 0.5) is 0 Å². The Balaban J connectivity index is 1.81. The largest absolute Gasteiger partial charge is 0.222 e. The smallest absolute Gasteiger partial charge is 0.200 e. The molecule has 0 saturated carbocycles. The van der Waals surface area contributed by atoms with Crippen LogP contribution >= 0.6 is 11.8 Å². The van der Waals surface area contributed by atoms with E-state index in [1.165, 1.54) is 64.5 Å². The average Bonchev–Trinajstić information content (AvgIpc) is 2.74. The molecule has 0 fully saturated rings. The van der Waals surface area contributed by atoms with Crippen molar-refractivity contribution in [1.82, 2.24) is 0 Å². The van der Waals surface area contributed by atoms with Crippen LogP contribution in [0.15, 0.2) is 76.7 Å². The fourth-order valence-electron chi connectivity index (χ4n) is 5.31. The number of pyridine rings is 1. The van der Waals surface area contributed by atoms with Gasteiger partial charge in [0.1, 0.15) is 7.05 Å². The number of aryl methyl sites for hydroxylation is 2. The fraction of sp³-hybridized carbons (Fsp3) is 0.207. The van der Waals surface area contributed by atoms with Crippen molar-refractivity contribution in [3.63, 3.8) is 0 Å². The Labute approximate surface area is 187 Å². The summed E-state index contributed by atoms with van der Waals surface area (Å²) in [6.07, 6.45) is 2.24. The highest BCUT2D eigenvalue weighted by Gasteiger charge is 2.30. The zero-order valence-corrected chi connectivity index (χ0v) is 19.5. The van der Waals surface area contributed by atoms with Crippen LogP contribution in [0.5, 0.6) is 0 Å². The summed E-state index contributed by atoms with van der Waals surface area (Å²) in [5, 5.41) is 8.15. The molecule has 0 atom stereocenters. The topological polar surface area (TPSA) is 3.88 Å². The molecule has 1 aliphatic heterocycles. The second-order valence-corrected chi connectivity index (χ2v) is 10.9. The van der Waals surface area contributed by atoms with E-state index in [-0.39, 0.29) is 5.41 Å². The van der Waals surface area contributed by atoms with Gasteiger partial charge in [-0.05, 0) is 57.1 Å². The van der Waals surface area contributed by atoms with E-state index in [4.69, 9.17) is 0 Å². The summed E-state index contributed by atoms with van der Waals surface area (Å²) in [6, 6.07) is 22.7. The van der Waals surface area contributed by atoms with Gasteiger partial charge in [-0.3, -0.25) is 0 Å². The lowest BCUT2D eigenvalue weighted by Gasteiger charge is -2.25. The molecule has 4 aromatic carbocycles. The standard InChI is InChI=1S/C29H26NS/c1-17-19-10-7-6-9-18(19)15-24-26(17)28-27-21(13-14-30(28)5)20-11-8-12-23(29(2,3)4)22(20)16-25(27)31-24/h6-16H,1-5H3/q+1. The maximum atomic E-state index is 2.44. The molecular formula is C29H26NS+. The maximum Gasteiger partial charge on any atom is 0.222 e. The molecule has 31 heavy (non-hydrogen) atoms. The van der Waals surface area contributed by atoms with Gasteiger partial charge >= 0.3 is 0 Å². The highest BCUT2D eigenvalue weighted by atomic mass is 32.2. The highest BCUT2D eigenvalue weighted by Crippen LogP contribution is 2.51. The Kier molecular flexibility index (Phi) is 3.86. The third kappa shape index (κ3) is 2.61. The third-order valence-electron chi connectivity index (χ3n) is 6.78. The predicted octanol–water partition coefficient (Wildman–Crippen LogP) is 7.71. The summed E-state index contributed by atoms with van der Waals surface area (Å²) in [5.41, 5.74) is 5.62. The van der Waals surface area contributed by atoms with Crippen LogP contribution in [0.25, 0.3) is 43.6 Å². The second kappa shape index (κ2) is 6.34. The van der Waals surface area contributed by atoms with Gasteiger partial charge in [-0.2, -0.15) is 0 Å². The first-order valence-corrected chi connectivity index (χ1v) is 11.8. The summed E-state index contributed by atoms with van der Waals surface area (Å²) < 4.78 is 2.31. The van der Waals surface area contributed by atoms with Crippen LogP contribution in [-0.4, -0.2) is 0 Å². The van der Waals surface area contributed by atoms with Crippen molar-refractivity contribution in [2.24, 2.45) is 7.05 Å². The Morgan fingerprint density at radius 2 is 1.55 bits per heavy atom. The maximum absolute atomic E-state index is 2.44. The van der Waals surface area contributed by atoms with Crippen LogP contribution in [0.1, 0.15) is 31.9 Å². The first-order chi connectivity index (χ1) is 14.8. The van der Waals surface area contributed by atoms with Gasteiger partial charge in [0.25, 0.3) is 0 Å². The van der Waals surface area contributed by atoms with Crippen molar-refractivity contribution in [2.75, 3.05) is 0 Å². The van der Waals surface area contributed by atoms with E-state index in [0.717, 1.165) is 0 Å². The Morgan fingerprint density at radius 3 is 2.35 bits per heavy atom. The Hall–Kier alpha value is -2.84. The second-order valence-electron chi connectivity index (χ2n) is 9.79. The average molecular weight is 421 g/mol. The van der Waals surface area contributed by atoms with Crippen molar-refractivity contribution in [3.05, 3.63) is 78.0 Å². The summed E-state index contributed by atoms with van der Waals surface area (Å²) >= 11 is 1.93. The molecule has 0 unspecified atom stereocenters. The SMILES string of the molecule is Cc1c2c(cc3ccccc13)Sc1cc3c(C(C)(C)C)cccc3c3cc[n+](C)c-2c13. The van der Waals surface area contributed by atoms with Crippen molar-refractivity contribution >= 4 is 44.1 Å². The minimum atomic E-state index is 0.103. The summed E-state index contributed by atoms with van der Waals surface area (Å²) in [7, 11) is 2.18. The molecule has 2 heterocycles. The van der Waals surface area contributed by atoms with Gasteiger partial charge in [0, 0.05) is 21.2 Å². The van der Waals surface area contributed by atoms with Crippen molar-refractivity contribution in [3.8, 4) is 11.3 Å². The molecule has 0 spiro atoms. The molecule has 2 heteroatoms. The summed E-state index contributed by atoms with van der Waals surface area (Å²) in [4.78, 5) is 2.73. The number of aromatic nitrogens is 1. The number of hydrogen-bond acceptors (Lipinski definition) is 1. The summed E-state index contributed by atoms with van der Waals surface area (Å²) in [6.45, 7) is 9.22. The molecule has 152 valence electrons. The van der Waals surface area contributed by atoms with Gasteiger partial charge in [-0.1, -0.05) is 75.0 Å². The molecule has 0 aliphatic carbocycles. The molecule has 0 bridgehead atoms. The quantitative estimate of drug-likeness (QED) is 0.180. The normalized spacial score (nSPS) is 13.2. The highest BCUT2D eigenvalue weighted by molar-refractivity contribution is 7.99. The summed E-state index contributed by atoms with van der Waals surface area (Å²) in [5.74, 6) is 0. The monoisotopic (exact) mass is 420 g/mol. The van der Waals surface area contributed by atoms with Crippen molar-refractivity contribution in [2.45, 2.75) is 42.9 Å². The van der Waals surface area contributed by atoms with Gasteiger partial charge in [0.15, 0.2) is 6.20 Å². The van der Waals surface area contributed by atoms with Crippen LogP contribution < -0.4 is 4.57 Å². The molecule has 1 aliphatic rings. The van der Waals surface area contributed by atoms with E-state index in [1.54, 1.807) is 0 Å². The molecule has 0 N–H and O–H groups in total. The number of rotatable bonds is 0. The molecule has 0 saturated heterocycles. The zero-order valence-electron chi connectivity index (χ0n) is 18.7. The first-order valence-electron chi connectivity index (χ1n) is 10.9. The first kappa shape index (κ1) is 18.9. The number of nitrogens with zero attached hydrogens (tertiary/aromatic N) is 1. The van der Waals surface area contributed by atoms with Crippen molar-refractivity contribution in [1.29, 1.82) is 0 Å². The van der Waals surface area contributed by atoms with Gasteiger partial charge < -0.3 is 0 Å². The molecule has 1 aromatic heterocycles.